The number of nitrogens with two attached hydrogens (primary N) is 1. The first-order chi connectivity index (χ1) is 21.0. The standard InChI is InChI=1S/C20H17F5N2O2.C9H12N2.2C2H6/c21-15-4-3-11(5-16(15)22)18-19-12(14(8-29-19)20(23,24)25)6-17(27-18)13(7-26-9-28)10-1-2-10;1-7-3-4-9(10)8(5-7)6-11-2;2*1-2/h3-6,9-10,13-14H,1-2,7-8H2,(H,26,28);3-6H,10H2,1-2H3;2*1-2H3. The lowest BCUT2D eigenvalue weighted by Gasteiger charge is -2.20. The largest absolute Gasteiger partial charge is 0.490 e. The second-order valence-electron chi connectivity index (χ2n) is 9.84. The molecule has 1 aliphatic heterocycles. The van der Waals surface area contributed by atoms with Crippen molar-refractivity contribution >= 4 is 18.3 Å². The zero-order chi connectivity index (χ0) is 33.0. The van der Waals surface area contributed by atoms with Crippen molar-refractivity contribution in [1.29, 1.82) is 0 Å². The maximum atomic E-state index is 13.8. The number of ether oxygens (including phenoxy) is 1. The number of aliphatic imine (C=N–C) groups is 1. The Labute approximate surface area is 255 Å². The lowest BCUT2D eigenvalue weighted by atomic mass is 9.92. The molecule has 1 amide bonds. The van der Waals surface area contributed by atoms with Crippen molar-refractivity contribution in [3.05, 3.63) is 76.5 Å². The molecule has 0 spiro atoms. The van der Waals surface area contributed by atoms with E-state index < -0.39 is 30.3 Å². The van der Waals surface area contributed by atoms with Crippen LogP contribution in [-0.4, -0.2) is 44.0 Å². The molecule has 1 aromatic heterocycles. The van der Waals surface area contributed by atoms with Gasteiger partial charge in [-0.1, -0.05) is 39.3 Å². The molecule has 44 heavy (non-hydrogen) atoms. The topological polar surface area (TPSA) is 89.6 Å². The number of nitrogens with zero attached hydrogens (tertiary/aromatic N) is 2. The van der Waals surface area contributed by atoms with E-state index in [-0.39, 0.29) is 41.0 Å². The molecule has 2 heterocycles. The van der Waals surface area contributed by atoms with Gasteiger partial charge in [0.05, 0.1) is 0 Å². The molecule has 1 fully saturated rings. The van der Waals surface area contributed by atoms with Gasteiger partial charge < -0.3 is 15.8 Å². The van der Waals surface area contributed by atoms with E-state index in [0.717, 1.165) is 36.2 Å². The molecule has 2 aromatic carbocycles. The fraction of sp³-hybridized carbons (Fsp3) is 0.424. The molecule has 0 saturated heterocycles. The van der Waals surface area contributed by atoms with Gasteiger partial charge in [-0.25, -0.2) is 13.8 Å². The van der Waals surface area contributed by atoms with Gasteiger partial charge in [-0.05, 0) is 62.1 Å². The number of fused-ring (bicyclic) bond motifs is 1. The number of carbonyl (C=O) groups is 1. The van der Waals surface area contributed by atoms with Crippen LogP contribution in [0.15, 0.2) is 47.5 Å². The molecule has 3 N–H and O–H groups in total. The van der Waals surface area contributed by atoms with Gasteiger partial charge in [-0.15, -0.1) is 0 Å². The number of nitrogens with one attached hydrogen (secondary N) is 1. The molecule has 6 nitrogen and oxygen atoms in total. The van der Waals surface area contributed by atoms with Crippen LogP contribution in [0.25, 0.3) is 11.3 Å². The van der Waals surface area contributed by atoms with E-state index in [2.05, 4.69) is 15.3 Å². The average Bonchev–Trinajstić information content (AvgIpc) is 3.75. The number of hydrogen-bond donors (Lipinski definition) is 2. The quantitative estimate of drug-likeness (QED) is 0.121. The van der Waals surface area contributed by atoms with Gasteiger partial charge in [-0.3, -0.25) is 9.79 Å². The zero-order valence-electron chi connectivity index (χ0n) is 25.9. The summed E-state index contributed by atoms with van der Waals surface area (Å²) in [5, 5.41) is 2.57. The molecular formula is C33H41F5N4O2. The highest BCUT2D eigenvalue weighted by molar-refractivity contribution is 5.87. The van der Waals surface area contributed by atoms with Crippen molar-refractivity contribution in [3.8, 4) is 17.0 Å². The molecule has 0 radical (unpaired) electrons. The van der Waals surface area contributed by atoms with Crippen LogP contribution in [0.5, 0.6) is 5.75 Å². The minimum Gasteiger partial charge on any atom is -0.490 e. The SMILES string of the molecule is CC.CC.CN=Cc1cc(C)ccc1N.O=CNCC(c1cc2c(c(-c3ccc(F)c(F)c3)n1)OCC2C(F)(F)F)C1CC1. The van der Waals surface area contributed by atoms with Crippen LogP contribution in [-0.2, 0) is 4.79 Å². The molecule has 2 aliphatic rings. The predicted molar refractivity (Wildman–Crippen MR) is 165 cm³/mol. The second-order valence-corrected chi connectivity index (χ2v) is 9.84. The van der Waals surface area contributed by atoms with Crippen molar-refractivity contribution in [1.82, 2.24) is 10.3 Å². The minimum atomic E-state index is -4.52. The highest BCUT2D eigenvalue weighted by atomic mass is 19.4. The molecule has 2 atom stereocenters. The van der Waals surface area contributed by atoms with E-state index in [9.17, 15) is 26.7 Å². The van der Waals surface area contributed by atoms with Crippen LogP contribution in [0.4, 0.5) is 27.6 Å². The van der Waals surface area contributed by atoms with E-state index in [1.54, 1.807) is 13.3 Å². The van der Waals surface area contributed by atoms with Crippen LogP contribution in [0.1, 0.15) is 74.8 Å². The van der Waals surface area contributed by atoms with E-state index >= 15 is 0 Å². The Bertz CT molecular complexity index is 1410. The van der Waals surface area contributed by atoms with Crippen molar-refractivity contribution in [2.75, 3.05) is 25.9 Å². The van der Waals surface area contributed by atoms with Crippen molar-refractivity contribution < 1.29 is 31.5 Å². The number of halogens is 5. The molecule has 5 rings (SSSR count). The van der Waals surface area contributed by atoms with Crippen molar-refractivity contribution in [2.24, 2.45) is 10.9 Å². The Kier molecular flexibility index (Phi) is 13.8. The molecule has 0 bridgehead atoms. The summed E-state index contributed by atoms with van der Waals surface area (Å²) in [6.45, 7) is 9.67. The average molecular weight is 621 g/mol. The number of amides is 1. The summed E-state index contributed by atoms with van der Waals surface area (Å²) in [5.41, 5.74) is 9.13. The summed E-state index contributed by atoms with van der Waals surface area (Å²) in [5.74, 6) is -4.18. The van der Waals surface area contributed by atoms with E-state index in [0.29, 0.717) is 12.1 Å². The highest BCUT2D eigenvalue weighted by Gasteiger charge is 2.47. The summed E-state index contributed by atoms with van der Waals surface area (Å²) in [4.78, 5) is 19.1. The lowest BCUT2D eigenvalue weighted by Crippen LogP contribution is -2.24. The van der Waals surface area contributed by atoms with Gasteiger partial charge in [0.2, 0.25) is 6.41 Å². The number of benzene rings is 2. The van der Waals surface area contributed by atoms with Crippen LogP contribution in [0, 0.1) is 24.5 Å². The van der Waals surface area contributed by atoms with Gasteiger partial charge >= 0.3 is 6.18 Å². The third-order valence-corrected chi connectivity index (χ3v) is 6.88. The van der Waals surface area contributed by atoms with Crippen molar-refractivity contribution in [2.45, 2.75) is 65.5 Å². The molecule has 1 aliphatic carbocycles. The molecule has 3 aromatic rings. The second kappa shape index (κ2) is 16.7. The monoisotopic (exact) mass is 620 g/mol. The lowest BCUT2D eigenvalue weighted by molar-refractivity contribution is -0.151. The van der Waals surface area contributed by atoms with Crippen molar-refractivity contribution in [3.63, 3.8) is 0 Å². The zero-order valence-corrected chi connectivity index (χ0v) is 25.9. The van der Waals surface area contributed by atoms with E-state index in [4.69, 9.17) is 10.5 Å². The molecule has 2 unspecified atom stereocenters. The number of carbonyl (C=O) groups excluding carboxylic acids is 1. The molecule has 240 valence electrons. The Morgan fingerprint density at radius 3 is 2.32 bits per heavy atom. The number of aromatic nitrogens is 1. The summed E-state index contributed by atoms with van der Waals surface area (Å²) in [6.07, 6.45) is -0.471. The maximum absolute atomic E-state index is 13.8. The number of aryl methyl sites for hydroxylation is 1. The Balaban J connectivity index is 0.000000377. The fourth-order valence-corrected chi connectivity index (χ4v) is 4.67. The number of pyridine rings is 1. The van der Waals surface area contributed by atoms with Gasteiger partial charge in [-0.2, -0.15) is 13.2 Å². The Hall–Kier alpha value is -4.02. The summed E-state index contributed by atoms with van der Waals surface area (Å²) < 4.78 is 73.0. The number of nitrogen functional groups attached to an aromatic ring is 1. The Morgan fingerprint density at radius 1 is 1.07 bits per heavy atom. The number of alkyl halides is 3. The molecular weight excluding hydrogens is 579 g/mol. The van der Waals surface area contributed by atoms with Crippen LogP contribution in [0.2, 0.25) is 0 Å². The first-order valence-corrected chi connectivity index (χ1v) is 14.7. The van der Waals surface area contributed by atoms with Crippen LogP contribution < -0.4 is 15.8 Å². The number of anilines is 1. The molecule has 1 saturated carbocycles. The number of hydrogen-bond acceptors (Lipinski definition) is 5. The van der Waals surface area contributed by atoms with Gasteiger partial charge in [0.25, 0.3) is 0 Å². The summed E-state index contributed by atoms with van der Waals surface area (Å²) >= 11 is 0. The first kappa shape index (κ1) is 36.2. The maximum Gasteiger partial charge on any atom is 0.399 e. The highest BCUT2D eigenvalue weighted by Crippen LogP contribution is 2.50. The predicted octanol–water partition coefficient (Wildman–Crippen LogP) is 7.98. The normalized spacial score (nSPS) is 15.8. The fourth-order valence-electron chi connectivity index (χ4n) is 4.67. The van der Waals surface area contributed by atoms with Gasteiger partial charge in [0, 0.05) is 53.8 Å². The van der Waals surface area contributed by atoms with Gasteiger partial charge in [0.1, 0.15) is 24.0 Å². The van der Waals surface area contributed by atoms with E-state index in [1.807, 2.05) is 52.8 Å². The first-order valence-electron chi connectivity index (χ1n) is 14.7. The third-order valence-electron chi connectivity index (χ3n) is 6.88. The minimum absolute atomic E-state index is 0.0416. The van der Waals surface area contributed by atoms with Crippen LogP contribution >= 0.6 is 0 Å². The summed E-state index contributed by atoms with van der Waals surface area (Å²) in [7, 11) is 1.74. The Morgan fingerprint density at radius 2 is 1.75 bits per heavy atom. The smallest absolute Gasteiger partial charge is 0.399 e. The summed E-state index contributed by atoms with van der Waals surface area (Å²) in [6, 6.07) is 10.3. The van der Waals surface area contributed by atoms with E-state index in [1.165, 1.54) is 17.7 Å². The third kappa shape index (κ3) is 9.24. The van der Waals surface area contributed by atoms with Gasteiger partial charge in [0.15, 0.2) is 11.6 Å². The van der Waals surface area contributed by atoms with Crippen LogP contribution in [0.3, 0.4) is 0 Å². The molecule has 11 heteroatoms. The number of rotatable bonds is 7.